The van der Waals surface area contributed by atoms with Crippen LogP contribution < -0.4 is 15.0 Å². The smallest absolute Gasteiger partial charge is 0.251 e. The molecule has 0 bridgehead atoms. The van der Waals surface area contributed by atoms with E-state index < -0.39 is 5.82 Å². The van der Waals surface area contributed by atoms with Crippen LogP contribution >= 0.6 is 0 Å². The second kappa shape index (κ2) is 8.13. The molecule has 0 aromatic heterocycles. The Morgan fingerprint density at radius 1 is 1.45 bits per heavy atom. The molecule has 2 atom stereocenters. The maximum Gasteiger partial charge on any atom is 0.251 e. The van der Waals surface area contributed by atoms with E-state index in [4.69, 9.17) is 4.74 Å². The van der Waals surface area contributed by atoms with Gasteiger partial charge in [0.1, 0.15) is 0 Å². The lowest BCUT2D eigenvalue weighted by Gasteiger charge is -2.30. The van der Waals surface area contributed by atoms with Gasteiger partial charge >= 0.3 is 0 Å². The van der Waals surface area contributed by atoms with Crippen molar-refractivity contribution in [3.8, 4) is 5.75 Å². The molecule has 0 radical (unpaired) electrons. The van der Waals surface area contributed by atoms with Crippen molar-refractivity contribution in [2.24, 2.45) is 0 Å². The number of halogens is 1. The monoisotopic (exact) mass is 309 g/mol. The van der Waals surface area contributed by atoms with Crippen LogP contribution in [0.15, 0.2) is 18.2 Å². The number of carbonyl (C=O) groups is 1. The summed E-state index contributed by atoms with van der Waals surface area (Å²) in [6, 6.07) is 4.99. The molecule has 1 saturated heterocycles. The van der Waals surface area contributed by atoms with E-state index in [0.717, 1.165) is 19.0 Å². The number of rotatable bonds is 6. The number of ether oxygens (including phenoxy) is 1. The van der Waals surface area contributed by atoms with Crippen LogP contribution in [-0.2, 0) is 0 Å². The van der Waals surface area contributed by atoms with Gasteiger partial charge in [0.2, 0.25) is 0 Å². The predicted molar refractivity (Wildman–Crippen MR) is 83.9 cm³/mol. The Balaban J connectivity index is 1.74. The van der Waals surface area contributed by atoms with E-state index in [1.165, 1.54) is 45.0 Å². The van der Waals surface area contributed by atoms with Crippen LogP contribution in [0.4, 0.5) is 4.39 Å². The van der Waals surface area contributed by atoms with Crippen LogP contribution in [0.25, 0.3) is 0 Å². The molecule has 22 heavy (non-hydrogen) atoms. The Labute approximate surface area is 131 Å². The summed E-state index contributed by atoms with van der Waals surface area (Å²) in [4.78, 5) is 13.6. The Hall–Kier alpha value is -1.62. The van der Waals surface area contributed by atoms with Crippen LogP contribution in [0.3, 0.4) is 0 Å². The highest BCUT2D eigenvalue weighted by Gasteiger charge is 2.21. The minimum absolute atomic E-state index is 0.152. The average molecular weight is 309 g/mol. The van der Waals surface area contributed by atoms with E-state index in [-0.39, 0.29) is 11.7 Å². The highest BCUT2D eigenvalue weighted by atomic mass is 19.1. The van der Waals surface area contributed by atoms with E-state index in [2.05, 4.69) is 12.2 Å². The summed E-state index contributed by atoms with van der Waals surface area (Å²) in [7, 11) is 1.40. The number of piperidine rings is 1. The van der Waals surface area contributed by atoms with Crippen molar-refractivity contribution in [2.45, 2.75) is 38.6 Å². The Morgan fingerprint density at radius 3 is 2.95 bits per heavy atom. The molecule has 1 aliphatic heterocycles. The average Bonchev–Trinajstić information content (AvgIpc) is 2.52. The van der Waals surface area contributed by atoms with E-state index in [1.54, 1.807) is 11.0 Å². The minimum atomic E-state index is -0.512. The van der Waals surface area contributed by atoms with Gasteiger partial charge in [-0.05, 0) is 44.4 Å². The van der Waals surface area contributed by atoms with Crippen LogP contribution in [0.5, 0.6) is 5.75 Å². The normalized spacial score (nSPS) is 21.4. The number of quaternary nitrogens is 1. The van der Waals surface area contributed by atoms with Gasteiger partial charge in [-0.2, -0.15) is 0 Å². The number of nitrogens with one attached hydrogen (secondary N) is 2. The van der Waals surface area contributed by atoms with Crippen molar-refractivity contribution in [1.82, 2.24) is 5.32 Å². The molecule has 2 rings (SSSR count). The highest BCUT2D eigenvalue weighted by Crippen LogP contribution is 2.17. The van der Waals surface area contributed by atoms with Crippen LogP contribution in [0.2, 0.25) is 0 Å². The first-order valence-electron chi connectivity index (χ1n) is 8.08. The predicted octanol–water partition coefficient (Wildman–Crippen LogP) is 1.41. The summed E-state index contributed by atoms with van der Waals surface area (Å²) in [5.41, 5.74) is 0.331. The molecule has 1 aromatic rings. The van der Waals surface area contributed by atoms with Gasteiger partial charge < -0.3 is 15.0 Å². The van der Waals surface area contributed by atoms with Crippen molar-refractivity contribution in [3.05, 3.63) is 29.6 Å². The number of likely N-dealkylation sites (tertiary alicyclic amines) is 1. The molecule has 0 spiro atoms. The fourth-order valence-electron chi connectivity index (χ4n) is 3.05. The van der Waals surface area contributed by atoms with Gasteiger partial charge in [0.25, 0.3) is 5.91 Å². The molecule has 0 saturated carbocycles. The molecule has 0 aliphatic carbocycles. The van der Waals surface area contributed by atoms with Gasteiger partial charge in [0, 0.05) is 18.5 Å². The van der Waals surface area contributed by atoms with Gasteiger partial charge in [-0.3, -0.25) is 4.79 Å². The highest BCUT2D eigenvalue weighted by molar-refractivity contribution is 5.94. The van der Waals surface area contributed by atoms with Gasteiger partial charge in [0.15, 0.2) is 11.6 Å². The van der Waals surface area contributed by atoms with Gasteiger partial charge in [-0.25, -0.2) is 4.39 Å². The summed E-state index contributed by atoms with van der Waals surface area (Å²) in [5.74, 6) is -0.593. The number of hydrogen-bond donors (Lipinski definition) is 2. The zero-order chi connectivity index (χ0) is 15.9. The zero-order valence-corrected chi connectivity index (χ0v) is 13.5. The quantitative estimate of drug-likeness (QED) is 0.780. The van der Waals surface area contributed by atoms with Crippen molar-refractivity contribution in [3.63, 3.8) is 0 Å². The summed E-state index contributed by atoms with van der Waals surface area (Å²) in [6.45, 7) is 5.24. The summed E-state index contributed by atoms with van der Waals surface area (Å²) >= 11 is 0. The molecule has 1 amide bonds. The maximum absolute atomic E-state index is 13.6. The largest absolute Gasteiger partial charge is 0.494 e. The summed E-state index contributed by atoms with van der Waals surface area (Å²) in [5, 5.41) is 2.86. The second-order valence-electron chi connectivity index (χ2n) is 6.01. The van der Waals surface area contributed by atoms with Crippen molar-refractivity contribution < 1.29 is 18.8 Å². The molecule has 1 unspecified atom stereocenters. The van der Waals surface area contributed by atoms with Crippen LogP contribution in [-0.4, -0.2) is 38.7 Å². The molecule has 4 nitrogen and oxygen atoms in total. The maximum atomic E-state index is 13.6. The first-order chi connectivity index (χ1) is 10.6. The summed E-state index contributed by atoms with van der Waals surface area (Å²) in [6.07, 6.45) is 4.89. The molecular formula is C17H26FN2O2+. The summed E-state index contributed by atoms with van der Waals surface area (Å²) < 4.78 is 18.4. The van der Waals surface area contributed by atoms with E-state index in [1.807, 2.05) is 0 Å². The topological polar surface area (TPSA) is 42.8 Å². The first-order valence-corrected chi connectivity index (χ1v) is 8.08. The van der Waals surface area contributed by atoms with Crippen LogP contribution in [0.1, 0.15) is 43.0 Å². The molecule has 1 aliphatic rings. The number of benzene rings is 1. The van der Waals surface area contributed by atoms with E-state index >= 15 is 0 Å². The second-order valence-corrected chi connectivity index (χ2v) is 6.01. The molecule has 2 N–H and O–H groups in total. The van der Waals surface area contributed by atoms with Crippen molar-refractivity contribution >= 4 is 5.91 Å². The number of hydrogen-bond acceptors (Lipinski definition) is 2. The van der Waals surface area contributed by atoms with Crippen molar-refractivity contribution in [1.29, 1.82) is 0 Å². The molecular weight excluding hydrogens is 283 g/mol. The van der Waals surface area contributed by atoms with Gasteiger partial charge in [-0.1, -0.05) is 0 Å². The van der Waals surface area contributed by atoms with Crippen molar-refractivity contribution in [2.75, 3.05) is 26.7 Å². The molecule has 122 valence electrons. The Kier molecular flexibility index (Phi) is 6.19. The SMILES string of the molecule is COc1ccc(C(=O)NCCC[NH+]2CCCC[C@@H]2C)cc1F. The lowest BCUT2D eigenvalue weighted by atomic mass is 10.0. The number of carbonyl (C=O) groups excluding carboxylic acids is 1. The Bertz CT molecular complexity index is 507. The molecule has 1 fully saturated rings. The molecule has 1 heterocycles. The third-order valence-electron chi connectivity index (χ3n) is 4.46. The third kappa shape index (κ3) is 4.44. The Morgan fingerprint density at radius 2 is 2.27 bits per heavy atom. The first kappa shape index (κ1) is 16.7. The van der Waals surface area contributed by atoms with E-state index in [0.29, 0.717) is 12.1 Å². The number of amides is 1. The molecule has 5 heteroatoms. The van der Waals surface area contributed by atoms with Gasteiger partial charge in [0.05, 0.1) is 26.2 Å². The van der Waals surface area contributed by atoms with Crippen LogP contribution in [0, 0.1) is 5.82 Å². The number of methoxy groups -OCH3 is 1. The molecule has 1 aromatic carbocycles. The third-order valence-corrected chi connectivity index (χ3v) is 4.46. The lowest BCUT2D eigenvalue weighted by Crippen LogP contribution is -3.16. The van der Waals surface area contributed by atoms with Gasteiger partial charge in [-0.15, -0.1) is 0 Å². The fourth-order valence-corrected chi connectivity index (χ4v) is 3.05. The van der Waals surface area contributed by atoms with E-state index in [9.17, 15) is 9.18 Å². The minimum Gasteiger partial charge on any atom is -0.494 e. The standard InChI is InChI=1S/C17H25FN2O2/c1-13-6-3-4-10-20(13)11-5-9-19-17(21)14-7-8-16(22-2)15(18)12-14/h7-8,12-13H,3-6,9-11H2,1-2H3,(H,19,21)/p+1/t13-/m0/s1. The fraction of sp³-hybridized carbons (Fsp3) is 0.588. The zero-order valence-electron chi connectivity index (χ0n) is 13.5. The lowest BCUT2D eigenvalue weighted by molar-refractivity contribution is -0.928.